The predicted molar refractivity (Wildman–Crippen MR) is 143 cm³/mol. The van der Waals surface area contributed by atoms with E-state index < -0.39 is 29.1 Å². The third-order valence-corrected chi connectivity index (χ3v) is 6.30. The van der Waals surface area contributed by atoms with Crippen LogP contribution in [0.1, 0.15) is 74.2 Å². The summed E-state index contributed by atoms with van der Waals surface area (Å²) in [6.45, 7) is 13.6. The van der Waals surface area contributed by atoms with E-state index in [2.05, 4.69) is 17.0 Å². The molecule has 0 bridgehead atoms. The number of hydrogen-bond donors (Lipinski definition) is 2. The van der Waals surface area contributed by atoms with Gasteiger partial charge in [-0.3, -0.25) is 4.68 Å². The normalized spacial score (nSPS) is 14.6. The Labute approximate surface area is 214 Å². The standard InChI is InChI=1S/C29H41F2N3O2/c1-9-23(22-14-10-12-21(18-22)13-11-16-32-7)27(25(31)19(2)30)36-17-15-24-20(3)34(8)33-26(24)28(35)29(4,5)6/h10-14,18,23,28,32,35H,2,9,15-17H2,1,3-8H3/b13-11?,27-25-. The highest BCUT2D eigenvalue weighted by atomic mass is 19.2. The van der Waals surface area contributed by atoms with E-state index in [1.807, 2.05) is 85.1 Å². The summed E-state index contributed by atoms with van der Waals surface area (Å²) in [7, 11) is 3.69. The molecule has 2 aromatic rings. The van der Waals surface area contributed by atoms with Gasteiger partial charge in [-0.25, -0.2) is 8.78 Å². The van der Waals surface area contributed by atoms with Crippen molar-refractivity contribution in [1.82, 2.24) is 15.1 Å². The molecule has 0 saturated carbocycles. The number of rotatable bonds is 12. The Morgan fingerprint density at radius 1 is 1.31 bits per heavy atom. The van der Waals surface area contributed by atoms with Crippen LogP contribution in [0.25, 0.3) is 6.08 Å². The third kappa shape index (κ3) is 7.37. The first kappa shape index (κ1) is 29.5. The lowest BCUT2D eigenvalue weighted by atomic mass is 9.85. The average molecular weight is 502 g/mol. The number of aliphatic hydroxyl groups excluding tert-OH is 1. The highest BCUT2D eigenvalue weighted by Crippen LogP contribution is 2.36. The molecule has 2 unspecified atom stereocenters. The van der Waals surface area contributed by atoms with Crippen LogP contribution < -0.4 is 5.32 Å². The van der Waals surface area contributed by atoms with Gasteiger partial charge in [0.1, 0.15) is 11.9 Å². The van der Waals surface area contributed by atoms with Gasteiger partial charge in [-0.1, -0.05) is 70.7 Å². The Bertz CT molecular complexity index is 1100. The molecule has 0 amide bonds. The molecule has 198 valence electrons. The number of aliphatic hydroxyl groups is 1. The number of ether oxygens (including phenoxy) is 1. The van der Waals surface area contributed by atoms with Gasteiger partial charge in [0.15, 0.2) is 11.7 Å². The number of halogens is 2. The molecule has 36 heavy (non-hydrogen) atoms. The number of nitrogens with zero attached hydrogens (tertiary/aromatic N) is 2. The van der Waals surface area contributed by atoms with E-state index in [4.69, 9.17) is 4.74 Å². The van der Waals surface area contributed by atoms with Crippen molar-refractivity contribution in [3.05, 3.63) is 82.4 Å². The van der Waals surface area contributed by atoms with E-state index in [0.717, 1.165) is 28.9 Å². The van der Waals surface area contributed by atoms with Crippen LogP contribution >= 0.6 is 0 Å². The van der Waals surface area contributed by atoms with Crippen molar-refractivity contribution >= 4 is 6.08 Å². The molecule has 0 saturated heterocycles. The molecule has 0 aliphatic heterocycles. The fourth-order valence-electron chi connectivity index (χ4n) is 4.09. The summed E-state index contributed by atoms with van der Waals surface area (Å²) in [6.07, 6.45) is 4.11. The zero-order valence-corrected chi connectivity index (χ0v) is 22.7. The van der Waals surface area contributed by atoms with Gasteiger partial charge in [0.2, 0.25) is 0 Å². The van der Waals surface area contributed by atoms with Crippen LogP contribution in [0.2, 0.25) is 0 Å². The zero-order chi connectivity index (χ0) is 27.0. The van der Waals surface area contributed by atoms with Gasteiger partial charge in [0.25, 0.3) is 0 Å². The predicted octanol–water partition coefficient (Wildman–Crippen LogP) is 6.46. The second kappa shape index (κ2) is 13.0. The van der Waals surface area contributed by atoms with Crippen molar-refractivity contribution in [2.24, 2.45) is 12.5 Å². The summed E-state index contributed by atoms with van der Waals surface area (Å²) >= 11 is 0. The minimum absolute atomic E-state index is 0.0687. The van der Waals surface area contributed by atoms with E-state index in [-0.39, 0.29) is 12.4 Å². The first-order valence-corrected chi connectivity index (χ1v) is 12.4. The lowest BCUT2D eigenvalue weighted by molar-refractivity contribution is 0.0573. The van der Waals surface area contributed by atoms with Gasteiger partial charge < -0.3 is 15.2 Å². The van der Waals surface area contributed by atoms with Crippen LogP contribution in [0, 0.1) is 12.3 Å². The van der Waals surface area contributed by atoms with Crippen LogP contribution in [-0.2, 0) is 18.2 Å². The van der Waals surface area contributed by atoms with E-state index in [1.54, 1.807) is 4.68 Å². The highest BCUT2D eigenvalue weighted by molar-refractivity contribution is 5.51. The molecule has 2 atom stereocenters. The molecule has 1 heterocycles. The number of nitrogens with one attached hydrogen (secondary N) is 1. The molecule has 1 aromatic heterocycles. The first-order valence-electron chi connectivity index (χ1n) is 12.4. The summed E-state index contributed by atoms with van der Waals surface area (Å²) in [6, 6.07) is 7.71. The Kier molecular flexibility index (Phi) is 10.6. The molecule has 5 nitrogen and oxygen atoms in total. The first-order chi connectivity index (χ1) is 16.9. The van der Waals surface area contributed by atoms with Crippen molar-refractivity contribution in [3.63, 3.8) is 0 Å². The Morgan fingerprint density at radius 3 is 2.58 bits per heavy atom. The molecular weight excluding hydrogens is 460 g/mol. The fourth-order valence-corrected chi connectivity index (χ4v) is 4.09. The van der Waals surface area contributed by atoms with Crippen LogP contribution in [0.5, 0.6) is 0 Å². The summed E-state index contributed by atoms with van der Waals surface area (Å²) in [5, 5.41) is 18.4. The third-order valence-electron chi connectivity index (χ3n) is 6.30. The van der Waals surface area contributed by atoms with Gasteiger partial charge in [0, 0.05) is 37.2 Å². The monoisotopic (exact) mass is 501 g/mol. The van der Waals surface area contributed by atoms with E-state index in [1.165, 1.54) is 0 Å². The van der Waals surface area contributed by atoms with Crippen molar-refractivity contribution in [2.75, 3.05) is 20.2 Å². The number of likely N-dealkylation sites (N-methyl/N-ethyl adjacent to an activating group) is 1. The maximum atomic E-state index is 15.0. The van der Waals surface area contributed by atoms with E-state index >= 15 is 4.39 Å². The zero-order valence-electron chi connectivity index (χ0n) is 22.7. The van der Waals surface area contributed by atoms with Crippen molar-refractivity contribution in [1.29, 1.82) is 0 Å². The molecule has 0 aliphatic rings. The van der Waals surface area contributed by atoms with Gasteiger partial charge in [-0.15, -0.1) is 0 Å². The lowest BCUT2D eigenvalue weighted by Crippen LogP contribution is -2.20. The quantitative estimate of drug-likeness (QED) is 0.259. The summed E-state index contributed by atoms with van der Waals surface area (Å²) in [5.74, 6) is -2.78. The maximum absolute atomic E-state index is 15.0. The number of aryl methyl sites for hydroxylation is 1. The average Bonchev–Trinajstić information content (AvgIpc) is 3.10. The smallest absolute Gasteiger partial charge is 0.196 e. The van der Waals surface area contributed by atoms with Gasteiger partial charge >= 0.3 is 0 Å². The Morgan fingerprint density at radius 2 is 2.00 bits per heavy atom. The Hall–Kier alpha value is -2.77. The van der Waals surface area contributed by atoms with Crippen LogP contribution in [0.15, 0.2) is 54.3 Å². The summed E-state index contributed by atoms with van der Waals surface area (Å²) in [5.41, 5.74) is 3.72. The van der Waals surface area contributed by atoms with Gasteiger partial charge in [0.05, 0.1) is 12.3 Å². The SMILES string of the molecule is C=C(F)/C(F)=C(/OCCc1c(C(O)C(C)(C)C)nn(C)c1C)C(CC)c1cccc(C=CCNC)c1. The van der Waals surface area contributed by atoms with Crippen LogP contribution in [-0.4, -0.2) is 35.1 Å². The minimum atomic E-state index is -1.16. The van der Waals surface area contributed by atoms with Gasteiger partial charge in [-0.05, 0) is 36.9 Å². The number of benzene rings is 1. The Balaban J connectivity index is 2.34. The molecule has 2 rings (SSSR count). The lowest BCUT2D eigenvalue weighted by Gasteiger charge is -2.25. The molecule has 0 spiro atoms. The molecule has 0 radical (unpaired) electrons. The van der Waals surface area contributed by atoms with Crippen LogP contribution in [0.3, 0.4) is 0 Å². The molecule has 0 fully saturated rings. The molecule has 0 aliphatic carbocycles. The van der Waals surface area contributed by atoms with Crippen molar-refractivity contribution in [3.8, 4) is 0 Å². The topological polar surface area (TPSA) is 59.3 Å². The van der Waals surface area contributed by atoms with Crippen molar-refractivity contribution < 1.29 is 18.6 Å². The number of hydrogen-bond acceptors (Lipinski definition) is 4. The molecular formula is C29H41F2N3O2. The van der Waals surface area contributed by atoms with Crippen LogP contribution in [0.4, 0.5) is 8.78 Å². The maximum Gasteiger partial charge on any atom is 0.196 e. The highest BCUT2D eigenvalue weighted by Gasteiger charge is 2.30. The minimum Gasteiger partial charge on any atom is -0.494 e. The largest absolute Gasteiger partial charge is 0.494 e. The molecule has 7 heteroatoms. The second-order valence-electron chi connectivity index (χ2n) is 10.1. The number of aromatic nitrogens is 2. The van der Waals surface area contributed by atoms with Gasteiger partial charge in [-0.2, -0.15) is 5.10 Å². The summed E-state index contributed by atoms with van der Waals surface area (Å²) < 4.78 is 36.7. The van der Waals surface area contributed by atoms with Crippen molar-refractivity contribution in [2.45, 2.75) is 59.5 Å². The molecule has 2 N–H and O–H groups in total. The second-order valence-corrected chi connectivity index (χ2v) is 10.1. The van der Waals surface area contributed by atoms with E-state index in [0.29, 0.717) is 18.5 Å². The summed E-state index contributed by atoms with van der Waals surface area (Å²) in [4.78, 5) is 0. The fraction of sp³-hybridized carbons (Fsp3) is 0.483. The number of allylic oxidation sites excluding steroid dienone is 3. The van der Waals surface area contributed by atoms with E-state index in [9.17, 15) is 9.50 Å². The molecule has 1 aromatic carbocycles.